The first kappa shape index (κ1) is 15.1. The maximum Gasteiger partial charge on any atom is 0.224 e. The molecule has 2 aromatic heterocycles. The van der Waals surface area contributed by atoms with E-state index >= 15 is 0 Å². The fourth-order valence-electron chi connectivity index (χ4n) is 2.40. The van der Waals surface area contributed by atoms with Crippen LogP contribution in [0.15, 0.2) is 48.8 Å². The molecule has 6 nitrogen and oxygen atoms in total. The average Bonchev–Trinajstić information content (AvgIpc) is 3.40. The van der Waals surface area contributed by atoms with E-state index in [1.54, 1.807) is 12.4 Å². The Balaban J connectivity index is 1.41. The lowest BCUT2D eigenvalue weighted by Crippen LogP contribution is -2.30. The summed E-state index contributed by atoms with van der Waals surface area (Å²) in [6.45, 7) is 0.775. The molecule has 0 radical (unpaired) electrons. The van der Waals surface area contributed by atoms with Crippen molar-refractivity contribution in [2.75, 3.05) is 0 Å². The molecule has 2 atom stereocenters. The van der Waals surface area contributed by atoms with Crippen LogP contribution in [0, 0.1) is 11.8 Å². The smallest absolute Gasteiger partial charge is 0.224 e. The molecule has 1 aliphatic rings. The van der Waals surface area contributed by atoms with Crippen molar-refractivity contribution in [1.82, 2.24) is 20.6 Å². The Hall–Kier alpha value is -2.76. The van der Waals surface area contributed by atoms with E-state index in [1.165, 1.54) is 0 Å². The summed E-state index contributed by atoms with van der Waals surface area (Å²) in [6.07, 6.45) is 3.97. The number of nitrogens with one attached hydrogen (secondary N) is 2. The minimum Gasteiger partial charge on any atom is -0.350 e. The van der Waals surface area contributed by atoms with Crippen molar-refractivity contribution in [3.8, 4) is 0 Å². The highest BCUT2D eigenvalue weighted by Gasteiger charge is 2.47. The molecule has 2 unspecified atom stereocenters. The quantitative estimate of drug-likeness (QED) is 0.835. The topological polar surface area (TPSA) is 84.0 Å². The summed E-state index contributed by atoms with van der Waals surface area (Å²) in [5.41, 5.74) is 1.61. The van der Waals surface area contributed by atoms with E-state index in [4.69, 9.17) is 0 Å². The first-order valence-electron chi connectivity index (χ1n) is 7.59. The van der Waals surface area contributed by atoms with Crippen LogP contribution in [0.2, 0.25) is 0 Å². The number of hydrogen-bond donors (Lipinski definition) is 2. The van der Waals surface area contributed by atoms with Crippen LogP contribution < -0.4 is 10.6 Å². The van der Waals surface area contributed by atoms with Crippen LogP contribution in [0.4, 0.5) is 0 Å². The minimum absolute atomic E-state index is 0.0892. The van der Waals surface area contributed by atoms with Gasteiger partial charge in [0.05, 0.1) is 36.3 Å². The third-order valence-electron chi connectivity index (χ3n) is 3.80. The summed E-state index contributed by atoms with van der Waals surface area (Å²) in [5.74, 6) is -0.646. The molecule has 1 saturated carbocycles. The van der Waals surface area contributed by atoms with Crippen LogP contribution in [-0.2, 0) is 22.7 Å². The second kappa shape index (κ2) is 7.00. The van der Waals surface area contributed by atoms with E-state index in [-0.39, 0.29) is 23.7 Å². The number of carbonyl (C=O) groups is 2. The first-order valence-corrected chi connectivity index (χ1v) is 7.59. The fraction of sp³-hybridized carbons (Fsp3) is 0.294. The lowest BCUT2D eigenvalue weighted by molar-refractivity contribution is -0.127. The molecule has 23 heavy (non-hydrogen) atoms. The van der Waals surface area contributed by atoms with Gasteiger partial charge in [-0.3, -0.25) is 19.6 Å². The molecule has 3 rings (SSSR count). The van der Waals surface area contributed by atoms with Crippen LogP contribution in [0.25, 0.3) is 0 Å². The minimum atomic E-state index is -0.234. The van der Waals surface area contributed by atoms with Crippen molar-refractivity contribution in [2.45, 2.75) is 19.5 Å². The number of rotatable bonds is 6. The summed E-state index contributed by atoms with van der Waals surface area (Å²) in [5, 5.41) is 5.65. The standard InChI is InChI=1S/C17H18N4O2/c22-16(20-10-12-5-1-3-7-18-12)14-9-15(14)17(23)21-11-13-6-2-4-8-19-13/h1-8,14-15H,9-11H2,(H,20,22)(H,21,23). The molecule has 0 aromatic carbocycles. The van der Waals surface area contributed by atoms with Crippen LogP contribution in [0.5, 0.6) is 0 Å². The van der Waals surface area contributed by atoms with Crippen molar-refractivity contribution in [3.05, 3.63) is 60.2 Å². The Morgan fingerprint density at radius 1 is 0.870 bits per heavy atom. The molecule has 2 heterocycles. The summed E-state index contributed by atoms with van der Waals surface area (Å²) < 4.78 is 0. The molecule has 1 aliphatic carbocycles. The third kappa shape index (κ3) is 4.12. The maximum atomic E-state index is 12.0. The number of pyridine rings is 2. The Labute approximate surface area is 134 Å². The molecule has 118 valence electrons. The normalized spacial score (nSPS) is 19.0. The zero-order chi connectivity index (χ0) is 16.1. The van der Waals surface area contributed by atoms with Gasteiger partial charge < -0.3 is 10.6 Å². The summed E-state index contributed by atoms with van der Waals surface area (Å²) in [6, 6.07) is 11.1. The van der Waals surface area contributed by atoms with Gasteiger partial charge in [0.2, 0.25) is 11.8 Å². The van der Waals surface area contributed by atoms with E-state index in [0.717, 1.165) is 11.4 Å². The molecule has 0 bridgehead atoms. The number of aromatic nitrogens is 2. The highest BCUT2D eigenvalue weighted by atomic mass is 16.2. The summed E-state index contributed by atoms with van der Waals surface area (Å²) >= 11 is 0. The molecule has 1 fully saturated rings. The molecular weight excluding hydrogens is 292 g/mol. The zero-order valence-corrected chi connectivity index (χ0v) is 12.6. The number of amides is 2. The van der Waals surface area contributed by atoms with Gasteiger partial charge in [-0.1, -0.05) is 12.1 Å². The van der Waals surface area contributed by atoms with Crippen LogP contribution in [0.3, 0.4) is 0 Å². The highest BCUT2D eigenvalue weighted by molar-refractivity contribution is 5.92. The Morgan fingerprint density at radius 2 is 1.35 bits per heavy atom. The molecule has 0 spiro atoms. The van der Waals surface area contributed by atoms with E-state index in [0.29, 0.717) is 19.5 Å². The molecule has 0 saturated heterocycles. The molecule has 6 heteroatoms. The molecule has 2 N–H and O–H groups in total. The van der Waals surface area contributed by atoms with Gasteiger partial charge in [-0.25, -0.2) is 0 Å². The van der Waals surface area contributed by atoms with E-state index < -0.39 is 0 Å². The Kier molecular flexibility index (Phi) is 4.61. The third-order valence-corrected chi connectivity index (χ3v) is 3.80. The largest absolute Gasteiger partial charge is 0.350 e. The van der Waals surface area contributed by atoms with Crippen molar-refractivity contribution in [2.24, 2.45) is 11.8 Å². The number of nitrogens with zero attached hydrogens (tertiary/aromatic N) is 2. The van der Waals surface area contributed by atoms with Crippen molar-refractivity contribution in [3.63, 3.8) is 0 Å². The van der Waals surface area contributed by atoms with Gasteiger partial charge in [0.15, 0.2) is 0 Å². The lowest BCUT2D eigenvalue weighted by Gasteiger charge is -2.05. The van der Waals surface area contributed by atoms with Crippen LogP contribution in [0.1, 0.15) is 17.8 Å². The van der Waals surface area contributed by atoms with Gasteiger partial charge in [-0.05, 0) is 30.7 Å². The number of hydrogen-bond acceptors (Lipinski definition) is 4. The van der Waals surface area contributed by atoms with Crippen molar-refractivity contribution >= 4 is 11.8 Å². The Bertz CT molecular complexity index is 616. The van der Waals surface area contributed by atoms with Gasteiger partial charge in [-0.15, -0.1) is 0 Å². The van der Waals surface area contributed by atoms with E-state index in [9.17, 15) is 9.59 Å². The first-order chi connectivity index (χ1) is 11.2. The van der Waals surface area contributed by atoms with Crippen molar-refractivity contribution < 1.29 is 9.59 Å². The summed E-state index contributed by atoms with van der Waals surface area (Å²) in [4.78, 5) is 32.4. The van der Waals surface area contributed by atoms with Crippen molar-refractivity contribution in [1.29, 1.82) is 0 Å². The number of carbonyl (C=O) groups excluding carboxylic acids is 2. The SMILES string of the molecule is O=C(NCc1ccccn1)C1CC1C(=O)NCc1ccccn1. The monoisotopic (exact) mass is 310 g/mol. The second-order valence-electron chi connectivity index (χ2n) is 5.53. The molecule has 2 amide bonds. The molecule has 2 aromatic rings. The fourth-order valence-corrected chi connectivity index (χ4v) is 2.40. The zero-order valence-electron chi connectivity index (χ0n) is 12.6. The van der Waals surface area contributed by atoms with E-state index in [2.05, 4.69) is 20.6 Å². The lowest BCUT2D eigenvalue weighted by atomic mass is 10.2. The van der Waals surface area contributed by atoms with Gasteiger partial charge in [0, 0.05) is 12.4 Å². The highest BCUT2D eigenvalue weighted by Crippen LogP contribution is 2.38. The predicted octanol–water partition coefficient (Wildman–Crippen LogP) is 1.05. The average molecular weight is 310 g/mol. The van der Waals surface area contributed by atoms with E-state index in [1.807, 2.05) is 36.4 Å². The Morgan fingerprint density at radius 3 is 1.74 bits per heavy atom. The predicted molar refractivity (Wildman–Crippen MR) is 83.8 cm³/mol. The van der Waals surface area contributed by atoms with Crippen LogP contribution >= 0.6 is 0 Å². The maximum absolute atomic E-state index is 12.0. The van der Waals surface area contributed by atoms with Crippen LogP contribution in [-0.4, -0.2) is 21.8 Å². The van der Waals surface area contributed by atoms with Gasteiger partial charge in [0.25, 0.3) is 0 Å². The molecular formula is C17H18N4O2. The van der Waals surface area contributed by atoms with Gasteiger partial charge >= 0.3 is 0 Å². The summed E-state index contributed by atoms with van der Waals surface area (Å²) in [7, 11) is 0. The molecule has 0 aliphatic heterocycles. The second-order valence-corrected chi connectivity index (χ2v) is 5.53. The van der Waals surface area contributed by atoms with Gasteiger partial charge in [-0.2, -0.15) is 0 Å². The van der Waals surface area contributed by atoms with Gasteiger partial charge in [0.1, 0.15) is 0 Å².